The van der Waals surface area contributed by atoms with E-state index in [0.717, 1.165) is 37.9 Å². The van der Waals surface area contributed by atoms with Crippen LogP contribution in [-0.4, -0.2) is 16.1 Å². The molecule has 0 spiro atoms. The lowest BCUT2D eigenvalue weighted by Crippen LogP contribution is -2.01. The predicted octanol–water partition coefficient (Wildman–Crippen LogP) is 6.90. The predicted molar refractivity (Wildman–Crippen MR) is 123 cm³/mol. The summed E-state index contributed by atoms with van der Waals surface area (Å²) in [5.41, 5.74) is 4.99. The number of hydrogen-bond acceptors (Lipinski definition) is 2. The molecule has 0 aliphatic heterocycles. The molecule has 0 amide bonds. The third-order valence-corrected chi connectivity index (χ3v) is 5.75. The zero-order valence-corrected chi connectivity index (χ0v) is 18.5. The molecule has 0 bridgehead atoms. The SMILES string of the molecule is Cc1cc(CC(=O)O)cc(Br)c1Oc1ccc2[nH]cc(Cc3ccc(Cl)cc3)c2c1. The average Bonchev–Trinajstić information content (AvgIpc) is 3.08. The minimum absolute atomic E-state index is 0.0247. The van der Waals surface area contributed by atoms with Gasteiger partial charge in [0.2, 0.25) is 0 Å². The first kappa shape index (κ1) is 20.5. The van der Waals surface area contributed by atoms with Crippen molar-refractivity contribution in [3.63, 3.8) is 0 Å². The van der Waals surface area contributed by atoms with E-state index < -0.39 is 5.97 Å². The van der Waals surface area contributed by atoms with Crippen LogP contribution in [0.25, 0.3) is 10.9 Å². The van der Waals surface area contributed by atoms with Gasteiger partial charge in [0.15, 0.2) is 0 Å². The van der Waals surface area contributed by atoms with Gasteiger partial charge in [-0.05, 0) is 87.9 Å². The molecule has 0 saturated heterocycles. The second-order valence-corrected chi connectivity index (χ2v) is 8.51. The third-order valence-electron chi connectivity index (χ3n) is 4.91. The fourth-order valence-corrected chi connectivity index (χ4v) is 4.33. The van der Waals surface area contributed by atoms with Crippen LogP contribution in [0.4, 0.5) is 0 Å². The summed E-state index contributed by atoms with van der Waals surface area (Å²) >= 11 is 9.51. The number of rotatable bonds is 6. The van der Waals surface area contributed by atoms with Crippen molar-refractivity contribution in [1.29, 1.82) is 0 Å². The first-order valence-corrected chi connectivity index (χ1v) is 10.6. The molecule has 4 nitrogen and oxygen atoms in total. The van der Waals surface area contributed by atoms with Gasteiger partial charge in [-0.15, -0.1) is 0 Å². The number of carbonyl (C=O) groups is 1. The van der Waals surface area contributed by atoms with Crippen LogP contribution in [-0.2, 0) is 17.6 Å². The Balaban J connectivity index is 1.62. The summed E-state index contributed by atoms with van der Waals surface area (Å²) < 4.78 is 6.90. The second-order valence-electron chi connectivity index (χ2n) is 7.22. The van der Waals surface area contributed by atoms with Gasteiger partial charge >= 0.3 is 5.97 Å². The number of aromatic nitrogens is 1. The minimum Gasteiger partial charge on any atom is -0.481 e. The van der Waals surface area contributed by atoms with Gasteiger partial charge in [0.1, 0.15) is 11.5 Å². The van der Waals surface area contributed by atoms with Crippen molar-refractivity contribution in [3.05, 3.63) is 92.5 Å². The Morgan fingerprint density at radius 1 is 1.10 bits per heavy atom. The Bertz CT molecular complexity index is 1210. The summed E-state index contributed by atoms with van der Waals surface area (Å²) in [7, 11) is 0. The average molecular weight is 485 g/mol. The molecule has 4 aromatic rings. The number of ether oxygens (including phenoxy) is 1. The molecule has 2 N–H and O–H groups in total. The number of aliphatic carboxylic acids is 1. The minimum atomic E-state index is -0.860. The first-order valence-electron chi connectivity index (χ1n) is 9.42. The summed E-state index contributed by atoms with van der Waals surface area (Å²) in [5, 5.41) is 10.8. The molecule has 0 radical (unpaired) electrons. The van der Waals surface area contributed by atoms with E-state index in [0.29, 0.717) is 11.5 Å². The second kappa shape index (κ2) is 8.54. The van der Waals surface area contributed by atoms with E-state index in [1.165, 1.54) is 11.1 Å². The normalized spacial score (nSPS) is 11.0. The van der Waals surface area contributed by atoms with Crippen LogP contribution in [0, 0.1) is 6.92 Å². The highest BCUT2D eigenvalue weighted by molar-refractivity contribution is 9.10. The third kappa shape index (κ3) is 4.53. The van der Waals surface area contributed by atoms with Crippen LogP contribution in [0.15, 0.2) is 65.3 Å². The molecule has 3 aromatic carbocycles. The van der Waals surface area contributed by atoms with Crippen LogP contribution < -0.4 is 4.74 Å². The molecule has 1 aromatic heterocycles. The highest BCUT2D eigenvalue weighted by atomic mass is 79.9. The van der Waals surface area contributed by atoms with Gasteiger partial charge in [-0.2, -0.15) is 0 Å². The molecule has 0 aliphatic rings. The number of halogens is 2. The van der Waals surface area contributed by atoms with E-state index in [2.05, 4.69) is 20.9 Å². The van der Waals surface area contributed by atoms with Crippen LogP contribution >= 0.6 is 27.5 Å². The van der Waals surface area contributed by atoms with Crippen molar-refractivity contribution in [2.45, 2.75) is 19.8 Å². The van der Waals surface area contributed by atoms with Crippen LogP contribution in [0.2, 0.25) is 5.02 Å². The molecule has 152 valence electrons. The van der Waals surface area contributed by atoms with Crippen molar-refractivity contribution in [2.24, 2.45) is 0 Å². The number of benzene rings is 3. The standard InChI is InChI=1S/C24H19BrClNO3/c1-14-8-16(11-23(28)29)10-21(25)24(14)30-19-6-7-22-20(12-19)17(13-27-22)9-15-2-4-18(26)5-3-15/h2-8,10,12-13,27H,9,11H2,1H3,(H,28,29). The van der Waals surface area contributed by atoms with Crippen molar-refractivity contribution >= 4 is 44.4 Å². The zero-order valence-electron chi connectivity index (χ0n) is 16.2. The zero-order chi connectivity index (χ0) is 21.3. The largest absolute Gasteiger partial charge is 0.481 e. The molecule has 0 aliphatic carbocycles. The Morgan fingerprint density at radius 2 is 1.87 bits per heavy atom. The smallest absolute Gasteiger partial charge is 0.307 e. The quantitative estimate of drug-likeness (QED) is 0.313. The van der Waals surface area contributed by atoms with Crippen molar-refractivity contribution in [2.75, 3.05) is 0 Å². The van der Waals surface area contributed by atoms with Gasteiger partial charge in [-0.25, -0.2) is 0 Å². The van der Waals surface area contributed by atoms with E-state index in [9.17, 15) is 4.79 Å². The van der Waals surface area contributed by atoms with Gasteiger partial charge in [0.25, 0.3) is 0 Å². The summed E-state index contributed by atoms with van der Waals surface area (Å²) in [6, 6.07) is 17.4. The number of aromatic amines is 1. The Morgan fingerprint density at radius 3 is 2.57 bits per heavy atom. The van der Waals surface area contributed by atoms with E-state index in [-0.39, 0.29) is 6.42 Å². The Kier molecular flexibility index (Phi) is 5.84. The fourth-order valence-electron chi connectivity index (χ4n) is 3.52. The maximum absolute atomic E-state index is 11.0. The van der Waals surface area contributed by atoms with Crippen LogP contribution in [0.3, 0.4) is 0 Å². The molecule has 0 unspecified atom stereocenters. The summed E-state index contributed by atoms with van der Waals surface area (Å²) in [6.07, 6.45) is 2.78. The first-order chi connectivity index (χ1) is 14.4. The highest BCUT2D eigenvalue weighted by Crippen LogP contribution is 2.36. The van der Waals surface area contributed by atoms with Crippen LogP contribution in [0.5, 0.6) is 11.5 Å². The maximum atomic E-state index is 11.0. The van der Waals surface area contributed by atoms with Crippen molar-refractivity contribution < 1.29 is 14.6 Å². The van der Waals surface area contributed by atoms with Gasteiger partial charge in [0, 0.05) is 22.1 Å². The van der Waals surface area contributed by atoms with E-state index in [4.69, 9.17) is 21.4 Å². The number of nitrogens with one attached hydrogen (secondary N) is 1. The van der Waals surface area contributed by atoms with E-state index in [1.54, 1.807) is 6.07 Å². The monoisotopic (exact) mass is 483 g/mol. The number of aryl methyl sites for hydroxylation is 1. The van der Waals surface area contributed by atoms with Gasteiger partial charge in [-0.1, -0.05) is 29.8 Å². The topological polar surface area (TPSA) is 62.3 Å². The van der Waals surface area contributed by atoms with E-state index >= 15 is 0 Å². The lowest BCUT2D eigenvalue weighted by Gasteiger charge is -2.13. The van der Waals surface area contributed by atoms with Crippen molar-refractivity contribution in [1.82, 2.24) is 4.98 Å². The molecule has 0 saturated carbocycles. The molecule has 1 heterocycles. The number of hydrogen-bond donors (Lipinski definition) is 2. The number of carboxylic acids is 1. The van der Waals surface area contributed by atoms with Gasteiger partial charge in [0.05, 0.1) is 10.9 Å². The molecule has 0 fully saturated rings. The Hall–Kier alpha value is -2.76. The van der Waals surface area contributed by atoms with Gasteiger partial charge in [-0.3, -0.25) is 4.79 Å². The molecule has 4 rings (SSSR count). The highest BCUT2D eigenvalue weighted by Gasteiger charge is 2.12. The van der Waals surface area contributed by atoms with Crippen molar-refractivity contribution in [3.8, 4) is 11.5 Å². The number of fused-ring (bicyclic) bond motifs is 1. The van der Waals surface area contributed by atoms with Crippen LogP contribution in [0.1, 0.15) is 22.3 Å². The molecule has 6 heteroatoms. The molecule has 30 heavy (non-hydrogen) atoms. The molecular formula is C24H19BrClNO3. The lowest BCUT2D eigenvalue weighted by atomic mass is 10.0. The summed E-state index contributed by atoms with van der Waals surface area (Å²) in [5.74, 6) is 0.536. The molecular weight excluding hydrogens is 466 g/mol. The number of carboxylic acid groups (broad SMARTS) is 1. The summed E-state index contributed by atoms with van der Waals surface area (Å²) in [4.78, 5) is 14.3. The Labute approximate surface area is 187 Å². The lowest BCUT2D eigenvalue weighted by molar-refractivity contribution is -0.136. The molecule has 0 atom stereocenters. The maximum Gasteiger partial charge on any atom is 0.307 e. The fraction of sp³-hybridized carbons (Fsp3) is 0.125. The summed E-state index contributed by atoms with van der Waals surface area (Å²) in [6.45, 7) is 1.91. The number of H-pyrrole nitrogens is 1. The van der Waals surface area contributed by atoms with E-state index in [1.807, 2.05) is 61.7 Å². The van der Waals surface area contributed by atoms with Gasteiger partial charge < -0.3 is 14.8 Å².